The summed E-state index contributed by atoms with van der Waals surface area (Å²) in [5.74, 6) is 0.483. The molecule has 1 amide bonds. The van der Waals surface area contributed by atoms with Crippen molar-refractivity contribution in [2.24, 2.45) is 0 Å². The van der Waals surface area contributed by atoms with Crippen LogP contribution in [0, 0.1) is 13.8 Å². The van der Waals surface area contributed by atoms with Crippen LogP contribution in [0.5, 0.6) is 5.75 Å². The molecule has 0 aliphatic rings. The fourth-order valence-corrected chi connectivity index (χ4v) is 1.96. The number of nitrogens with one attached hydrogen (secondary N) is 1. The molecule has 21 heavy (non-hydrogen) atoms. The number of amides is 1. The summed E-state index contributed by atoms with van der Waals surface area (Å²) < 4.78 is 5.61. The maximum atomic E-state index is 12.2. The van der Waals surface area contributed by atoms with E-state index in [0.717, 1.165) is 22.5 Å². The lowest BCUT2D eigenvalue weighted by Crippen LogP contribution is -2.30. The second-order valence-electron chi connectivity index (χ2n) is 5.09. The molecule has 0 aromatic heterocycles. The first-order valence-corrected chi connectivity index (χ1v) is 6.86. The molecular formula is C17H20N2O2. The normalized spacial score (nSPS) is 11.8. The molecule has 4 heteroatoms. The third-order valence-electron chi connectivity index (χ3n) is 3.30. The number of carbonyl (C=O) groups excluding carboxylic acids is 1. The van der Waals surface area contributed by atoms with Crippen molar-refractivity contribution in [3.05, 3.63) is 53.6 Å². The number of aryl methyl sites for hydroxylation is 2. The van der Waals surface area contributed by atoms with Gasteiger partial charge in [0.2, 0.25) is 0 Å². The van der Waals surface area contributed by atoms with E-state index in [4.69, 9.17) is 10.5 Å². The highest BCUT2D eigenvalue weighted by Gasteiger charge is 2.16. The number of hydrogen-bond acceptors (Lipinski definition) is 3. The number of hydrogen-bond donors (Lipinski definition) is 2. The van der Waals surface area contributed by atoms with Crippen molar-refractivity contribution in [2.45, 2.75) is 26.9 Å². The lowest BCUT2D eigenvalue weighted by molar-refractivity contribution is -0.122. The third-order valence-corrected chi connectivity index (χ3v) is 3.30. The van der Waals surface area contributed by atoms with Gasteiger partial charge in [0.15, 0.2) is 6.10 Å². The van der Waals surface area contributed by atoms with E-state index < -0.39 is 6.10 Å². The zero-order valence-corrected chi connectivity index (χ0v) is 12.5. The fourth-order valence-electron chi connectivity index (χ4n) is 1.96. The summed E-state index contributed by atoms with van der Waals surface area (Å²) in [7, 11) is 0. The van der Waals surface area contributed by atoms with Gasteiger partial charge in [-0.2, -0.15) is 0 Å². The molecule has 0 bridgehead atoms. The molecule has 1 unspecified atom stereocenters. The van der Waals surface area contributed by atoms with Gasteiger partial charge in [0.1, 0.15) is 5.75 Å². The summed E-state index contributed by atoms with van der Waals surface area (Å²) >= 11 is 0. The van der Waals surface area contributed by atoms with Crippen LogP contribution >= 0.6 is 0 Å². The molecule has 0 fully saturated rings. The second kappa shape index (κ2) is 6.31. The molecule has 4 nitrogen and oxygen atoms in total. The standard InChI is InChI=1S/C17H20N2O2/c1-11-10-16(12(2)9-15(11)18)19-17(20)13(3)21-14-7-5-4-6-8-14/h4-10,13H,18H2,1-3H3,(H,19,20). The van der Waals surface area contributed by atoms with Crippen molar-refractivity contribution in [3.8, 4) is 5.75 Å². The Morgan fingerprint density at radius 1 is 1.14 bits per heavy atom. The number of carbonyl (C=O) groups is 1. The number of benzene rings is 2. The van der Waals surface area contributed by atoms with Crippen LogP contribution in [-0.2, 0) is 4.79 Å². The lowest BCUT2D eigenvalue weighted by Gasteiger charge is -2.16. The summed E-state index contributed by atoms with van der Waals surface area (Å²) in [6.07, 6.45) is -0.579. The Balaban J connectivity index is 2.06. The van der Waals surface area contributed by atoms with Crippen molar-refractivity contribution in [3.63, 3.8) is 0 Å². The Bertz CT molecular complexity index is 639. The third kappa shape index (κ3) is 3.75. The molecule has 2 aromatic carbocycles. The second-order valence-corrected chi connectivity index (χ2v) is 5.09. The van der Waals surface area contributed by atoms with E-state index in [9.17, 15) is 4.79 Å². The van der Waals surface area contributed by atoms with E-state index in [2.05, 4.69) is 5.32 Å². The first-order chi connectivity index (χ1) is 9.97. The number of nitrogens with two attached hydrogens (primary N) is 1. The van der Waals surface area contributed by atoms with Crippen LogP contribution in [0.2, 0.25) is 0 Å². The van der Waals surface area contributed by atoms with Gasteiger partial charge in [0.25, 0.3) is 5.91 Å². The van der Waals surface area contributed by atoms with E-state index in [1.807, 2.05) is 56.3 Å². The zero-order valence-electron chi connectivity index (χ0n) is 12.5. The number of rotatable bonds is 4. The summed E-state index contributed by atoms with van der Waals surface area (Å²) in [6.45, 7) is 5.55. The molecule has 0 heterocycles. The predicted molar refractivity (Wildman–Crippen MR) is 85.5 cm³/mol. The summed E-state index contributed by atoms with van der Waals surface area (Å²) in [4.78, 5) is 12.2. The largest absolute Gasteiger partial charge is 0.481 e. The number of para-hydroxylation sites is 1. The molecule has 0 spiro atoms. The number of anilines is 2. The van der Waals surface area contributed by atoms with Crippen molar-refractivity contribution < 1.29 is 9.53 Å². The van der Waals surface area contributed by atoms with Crippen LogP contribution in [0.25, 0.3) is 0 Å². The monoisotopic (exact) mass is 284 g/mol. The van der Waals surface area contributed by atoms with E-state index in [1.165, 1.54) is 0 Å². The molecule has 3 N–H and O–H groups in total. The average Bonchev–Trinajstić information content (AvgIpc) is 2.45. The Morgan fingerprint density at radius 3 is 2.48 bits per heavy atom. The molecular weight excluding hydrogens is 264 g/mol. The van der Waals surface area contributed by atoms with Crippen LogP contribution in [0.15, 0.2) is 42.5 Å². The Morgan fingerprint density at radius 2 is 1.81 bits per heavy atom. The number of ether oxygens (including phenoxy) is 1. The van der Waals surface area contributed by atoms with Crippen LogP contribution in [0.1, 0.15) is 18.1 Å². The Kier molecular flexibility index (Phi) is 4.48. The van der Waals surface area contributed by atoms with Crippen molar-refractivity contribution >= 4 is 17.3 Å². The molecule has 0 saturated heterocycles. The van der Waals surface area contributed by atoms with Gasteiger partial charge < -0.3 is 15.8 Å². The maximum Gasteiger partial charge on any atom is 0.265 e. The van der Waals surface area contributed by atoms with Crippen molar-refractivity contribution in [1.29, 1.82) is 0 Å². The van der Waals surface area contributed by atoms with E-state index >= 15 is 0 Å². The fraction of sp³-hybridized carbons (Fsp3) is 0.235. The quantitative estimate of drug-likeness (QED) is 0.847. The minimum absolute atomic E-state index is 0.189. The van der Waals surface area contributed by atoms with Gasteiger partial charge in [-0.15, -0.1) is 0 Å². The first-order valence-electron chi connectivity index (χ1n) is 6.86. The minimum Gasteiger partial charge on any atom is -0.481 e. The smallest absolute Gasteiger partial charge is 0.265 e. The van der Waals surface area contributed by atoms with Crippen LogP contribution in [-0.4, -0.2) is 12.0 Å². The molecule has 1 atom stereocenters. The molecule has 2 aromatic rings. The van der Waals surface area contributed by atoms with E-state index in [-0.39, 0.29) is 5.91 Å². The van der Waals surface area contributed by atoms with Crippen LogP contribution in [0.3, 0.4) is 0 Å². The van der Waals surface area contributed by atoms with Gasteiger partial charge in [0, 0.05) is 11.4 Å². The summed E-state index contributed by atoms with van der Waals surface area (Å²) in [5, 5.41) is 2.88. The Labute approximate surface area is 124 Å². The highest BCUT2D eigenvalue weighted by molar-refractivity contribution is 5.95. The summed E-state index contributed by atoms with van der Waals surface area (Å²) in [6, 6.07) is 13.0. The SMILES string of the molecule is Cc1cc(NC(=O)C(C)Oc2ccccc2)c(C)cc1N. The minimum atomic E-state index is -0.579. The summed E-state index contributed by atoms with van der Waals surface area (Å²) in [5.41, 5.74) is 9.19. The topological polar surface area (TPSA) is 64.3 Å². The van der Waals surface area contributed by atoms with Crippen LogP contribution < -0.4 is 15.8 Å². The molecule has 0 aliphatic heterocycles. The highest BCUT2D eigenvalue weighted by Crippen LogP contribution is 2.22. The first kappa shape index (κ1) is 14.9. The predicted octanol–water partition coefficient (Wildman–Crippen LogP) is 3.29. The van der Waals surface area contributed by atoms with Gasteiger partial charge in [-0.1, -0.05) is 18.2 Å². The highest BCUT2D eigenvalue weighted by atomic mass is 16.5. The van der Waals surface area contributed by atoms with E-state index in [0.29, 0.717) is 5.75 Å². The van der Waals surface area contributed by atoms with Gasteiger partial charge in [-0.25, -0.2) is 0 Å². The van der Waals surface area contributed by atoms with Gasteiger partial charge >= 0.3 is 0 Å². The van der Waals surface area contributed by atoms with Gasteiger partial charge in [0.05, 0.1) is 0 Å². The molecule has 0 aliphatic carbocycles. The van der Waals surface area contributed by atoms with Crippen LogP contribution in [0.4, 0.5) is 11.4 Å². The van der Waals surface area contributed by atoms with E-state index in [1.54, 1.807) is 6.92 Å². The maximum absolute atomic E-state index is 12.2. The van der Waals surface area contributed by atoms with Gasteiger partial charge in [-0.3, -0.25) is 4.79 Å². The average molecular weight is 284 g/mol. The molecule has 0 radical (unpaired) electrons. The lowest BCUT2D eigenvalue weighted by atomic mass is 10.1. The van der Waals surface area contributed by atoms with Crippen molar-refractivity contribution in [2.75, 3.05) is 11.1 Å². The molecule has 0 saturated carbocycles. The Hall–Kier alpha value is -2.49. The zero-order chi connectivity index (χ0) is 15.4. The van der Waals surface area contributed by atoms with Crippen molar-refractivity contribution in [1.82, 2.24) is 0 Å². The molecule has 110 valence electrons. The molecule has 2 rings (SSSR count). The number of nitrogen functional groups attached to an aromatic ring is 1. The van der Waals surface area contributed by atoms with Gasteiger partial charge in [-0.05, 0) is 56.2 Å².